The zero-order valence-electron chi connectivity index (χ0n) is 15.6. The maximum Gasteiger partial charge on any atom is 0.363 e. The molecule has 0 atom stereocenters. The maximum absolute atomic E-state index is 12.3. The summed E-state index contributed by atoms with van der Waals surface area (Å²) in [6.07, 6.45) is 1.72. The van der Waals surface area contributed by atoms with Crippen LogP contribution in [0.3, 0.4) is 0 Å². The highest BCUT2D eigenvalue weighted by Crippen LogP contribution is 2.35. The Morgan fingerprint density at radius 2 is 1.96 bits per heavy atom. The molecule has 27 heavy (non-hydrogen) atoms. The molecule has 0 fully saturated rings. The summed E-state index contributed by atoms with van der Waals surface area (Å²) in [5.74, 6) is 1.15. The van der Waals surface area contributed by atoms with Gasteiger partial charge in [0.1, 0.15) is 0 Å². The van der Waals surface area contributed by atoms with Gasteiger partial charge in [0.25, 0.3) is 0 Å². The normalized spacial score (nSPS) is 15.1. The van der Waals surface area contributed by atoms with Crippen LogP contribution in [-0.2, 0) is 9.53 Å². The van der Waals surface area contributed by atoms with E-state index in [4.69, 9.17) is 14.2 Å². The lowest BCUT2D eigenvalue weighted by Crippen LogP contribution is -2.08. The number of aryl methyl sites for hydroxylation is 1. The quantitative estimate of drug-likeness (QED) is 0.355. The summed E-state index contributed by atoms with van der Waals surface area (Å²) in [6.45, 7) is 5.87. The number of nitrogens with zero attached hydrogens (tertiary/aromatic N) is 1. The fourth-order valence-electron chi connectivity index (χ4n) is 2.67. The average molecular weight is 477 g/mol. The van der Waals surface area contributed by atoms with Crippen molar-refractivity contribution in [1.82, 2.24) is 0 Å². The van der Waals surface area contributed by atoms with Crippen molar-refractivity contribution in [2.75, 3.05) is 7.11 Å². The minimum Gasteiger partial charge on any atom is -0.493 e. The smallest absolute Gasteiger partial charge is 0.363 e. The van der Waals surface area contributed by atoms with Crippen LogP contribution in [0.15, 0.2) is 47.1 Å². The van der Waals surface area contributed by atoms with Gasteiger partial charge in [-0.05, 0) is 78.8 Å². The van der Waals surface area contributed by atoms with Crippen LogP contribution in [0.4, 0.5) is 0 Å². The summed E-state index contributed by atoms with van der Waals surface area (Å²) in [7, 11) is 1.59. The number of halogens is 1. The Morgan fingerprint density at radius 3 is 2.63 bits per heavy atom. The number of hydrogen-bond acceptors (Lipinski definition) is 5. The number of methoxy groups -OCH3 is 1. The van der Waals surface area contributed by atoms with Crippen LogP contribution in [0.5, 0.6) is 11.5 Å². The Morgan fingerprint density at radius 1 is 1.22 bits per heavy atom. The van der Waals surface area contributed by atoms with E-state index in [0.717, 1.165) is 20.3 Å². The molecule has 0 aliphatic carbocycles. The monoisotopic (exact) mass is 477 g/mol. The first-order valence-electron chi connectivity index (χ1n) is 8.51. The number of rotatable bonds is 5. The van der Waals surface area contributed by atoms with Gasteiger partial charge in [0.15, 0.2) is 17.2 Å². The molecule has 2 aromatic carbocycles. The third kappa shape index (κ3) is 4.32. The first-order valence-corrected chi connectivity index (χ1v) is 9.59. The van der Waals surface area contributed by atoms with Crippen molar-refractivity contribution in [3.05, 3.63) is 62.4 Å². The molecular weight excluding hydrogens is 457 g/mol. The zero-order valence-corrected chi connectivity index (χ0v) is 17.7. The van der Waals surface area contributed by atoms with E-state index in [1.165, 1.54) is 0 Å². The van der Waals surface area contributed by atoms with Gasteiger partial charge in [0.05, 0.1) is 16.8 Å². The second-order valence-electron chi connectivity index (χ2n) is 6.35. The van der Waals surface area contributed by atoms with Gasteiger partial charge >= 0.3 is 5.97 Å². The molecule has 5 nitrogen and oxygen atoms in total. The molecule has 0 spiro atoms. The minimum atomic E-state index is -0.468. The molecule has 0 aromatic heterocycles. The van der Waals surface area contributed by atoms with Crippen molar-refractivity contribution < 1.29 is 19.0 Å². The van der Waals surface area contributed by atoms with Gasteiger partial charge in [-0.25, -0.2) is 9.79 Å². The molecule has 6 heteroatoms. The van der Waals surface area contributed by atoms with E-state index in [9.17, 15) is 4.79 Å². The molecule has 3 rings (SSSR count). The highest BCUT2D eigenvalue weighted by molar-refractivity contribution is 14.1. The van der Waals surface area contributed by atoms with Gasteiger partial charge in [0.2, 0.25) is 5.90 Å². The number of benzene rings is 2. The number of ether oxygens (including phenoxy) is 3. The van der Waals surface area contributed by atoms with Crippen molar-refractivity contribution >= 4 is 40.5 Å². The second-order valence-corrected chi connectivity index (χ2v) is 7.51. The van der Waals surface area contributed by atoms with E-state index in [-0.39, 0.29) is 11.8 Å². The molecule has 1 aliphatic heterocycles. The van der Waals surface area contributed by atoms with Crippen molar-refractivity contribution in [2.24, 2.45) is 4.99 Å². The lowest BCUT2D eigenvalue weighted by molar-refractivity contribution is -0.129. The van der Waals surface area contributed by atoms with E-state index in [1.807, 2.05) is 57.2 Å². The van der Waals surface area contributed by atoms with Crippen LogP contribution in [0.2, 0.25) is 0 Å². The summed E-state index contributed by atoms with van der Waals surface area (Å²) >= 11 is 2.19. The molecule has 1 aliphatic rings. The SMILES string of the molecule is COc1cc(/C=C2\N=C(c3ccccc3C)OC2=O)cc(I)c1OC(C)C. The summed E-state index contributed by atoms with van der Waals surface area (Å²) in [5, 5.41) is 0. The lowest BCUT2D eigenvalue weighted by Gasteiger charge is -2.15. The Hall–Kier alpha value is -2.35. The third-order valence-electron chi connectivity index (χ3n) is 3.90. The van der Waals surface area contributed by atoms with Crippen LogP contribution in [0.25, 0.3) is 6.08 Å². The molecular formula is C21H20INO4. The van der Waals surface area contributed by atoms with Crippen LogP contribution in [0, 0.1) is 10.5 Å². The molecule has 140 valence electrons. The summed E-state index contributed by atoms with van der Waals surface area (Å²) in [5.41, 5.74) is 2.84. The molecule has 0 saturated carbocycles. The topological polar surface area (TPSA) is 57.1 Å². The predicted octanol–water partition coefficient (Wildman–Crippen LogP) is 4.74. The molecule has 0 bridgehead atoms. The van der Waals surface area contributed by atoms with Crippen LogP contribution < -0.4 is 9.47 Å². The third-order valence-corrected chi connectivity index (χ3v) is 4.71. The van der Waals surface area contributed by atoms with Gasteiger partial charge in [-0.1, -0.05) is 18.2 Å². The number of hydrogen-bond donors (Lipinski definition) is 0. The highest BCUT2D eigenvalue weighted by Gasteiger charge is 2.25. The first-order chi connectivity index (χ1) is 12.9. The van der Waals surface area contributed by atoms with E-state index in [1.54, 1.807) is 13.2 Å². The first kappa shape index (κ1) is 19.4. The Balaban J connectivity index is 1.98. The molecule has 0 unspecified atom stereocenters. The van der Waals surface area contributed by atoms with Gasteiger partial charge in [-0.3, -0.25) is 0 Å². The largest absolute Gasteiger partial charge is 0.493 e. The molecule has 0 radical (unpaired) electrons. The zero-order chi connectivity index (χ0) is 19.6. The molecule has 0 saturated heterocycles. The fraction of sp³-hybridized carbons (Fsp3) is 0.238. The van der Waals surface area contributed by atoms with E-state index >= 15 is 0 Å². The summed E-state index contributed by atoms with van der Waals surface area (Å²) in [6, 6.07) is 11.4. The number of esters is 1. The van der Waals surface area contributed by atoms with E-state index in [0.29, 0.717) is 17.4 Å². The van der Waals surface area contributed by atoms with Crippen LogP contribution >= 0.6 is 22.6 Å². The van der Waals surface area contributed by atoms with Crippen molar-refractivity contribution in [2.45, 2.75) is 26.9 Å². The average Bonchev–Trinajstić information content (AvgIpc) is 2.97. The van der Waals surface area contributed by atoms with E-state index < -0.39 is 5.97 Å². The number of cyclic esters (lactones) is 1. The predicted molar refractivity (Wildman–Crippen MR) is 113 cm³/mol. The van der Waals surface area contributed by atoms with Crippen molar-refractivity contribution in [3.63, 3.8) is 0 Å². The number of aliphatic imine (C=N–C) groups is 1. The minimum absolute atomic E-state index is 0.0303. The fourth-order valence-corrected chi connectivity index (χ4v) is 3.42. The van der Waals surface area contributed by atoms with E-state index in [2.05, 4.69) is 27.6 Å². The van der Waals surface area contributed by atoms with Gasteiger partial charge in [-0.15, -0.1) is 0 Å². The lowest BCUT2D eigenvalue weighted by atomic mass is 10.1. The van der Waals surface area contributed by atoms with Crippen molar-refractivity contribution in [1.29, 1.82) is 0 Å². The molecule has 1 heterocycles. The number of carbonyl (C=O) groups excluding carboxylic acids is 1. The molecule has 0 amide bonds. The molecule has 2 aromatic rings. The number of carbonyl (C=O) groups is 1. The summed E-state index contributed by atoms with van der Waals surface area (Å²) < 4.78 is 17.5. The van der Waals surface area contributed by atoms with Gasteiger partial charge in [0, 0.05) is 5.56 Å². The Bertz CT molecular complexity index is 947. The van der Waals surface area contributed by atoms with Crippen LogP contribution in [0.1, 0.15) is 30.5 Å². The summed E-state index contributed by atoms with van der Waals surface area (Å²) in [4.78, 5) is 16.6. The Kier molecular flexibility index (Phi) is 5.84. The van der Waals surface area contributed by atoms with Gasteiger partial charge < -0.3 is 14.2 Å². The van der Waals surface area contributed by atoms with Crippen LogP contribution in [-0.4, -0.2) is 25.1 Å². The highest BCUT2D eigenvalue weighted by atomic mass is 127. The standard InChI is InChI=1S/C21H20INO4/c1-12(2)26-19-16(22)9-14(11-18(19)25-4)10-17-21(24)27-20(23-17)15-8-6-5-7-13(15)3/h5-12H,1-4H3/b17-10-. The maximum atomic E-state index is 12.3. The second kappa shape index (κ2) is 8.12. The molecule has 0 N–H and O–H groups in total. The van der Waals surface area contributed by atoms with Crippen molar-refractivity contribution in [3.8, 4) is 11.5 Å². The van der Waals surface area contributed by atoms with Gasteiger partial charge in [-0.2, -0.15) is 0 Å². The Labute approximate surface area is 172 Å².